The SMILES string of the molecule is CCCc1nc(N2CCC(C)CC2)sc1CS. The van der Waals surface area contributed by atoms with Crippen molar-refractivity contribution in [1.82, 2.24) is 4.98 Å². The molecule has 1 aliphatic heterocycles. The molecular weight excluding hydrogens is 248 g/mol. The molecule has 0 aromatic carbocycles. The second kappa shape index (κ2) is 6.10. The first kappa shape index (κ1) is 13.2. The second-order valence-corrected chi connectivity index (χ2v) is 6.32. The van der Waals surface area contributed by atoms with Crippen molar-refractivity contribution in [3.63, 3.8) is 0 Å². The van der Waals surface area contributed by atoms with Gasteiger partial charge in [-0.2, -0.15) is 12.6 Å². The van der Waals surface area contributed by atoms with E-state index in [1.165, 1.54) is 48.1 Å². The van der Waals surface area contributed by atoms with Crippen molar-refractivity contribution >= 4 is 29.1 Å². The third-order valence-corrected chi connectivity index (χ3v) is 5.14. The lowest BCUT2D eigenvalue weighted by Crippen LogP contribution is -2.32. The van der Waals surface area contributed by atoms with Crippen molar-refractivity contribution in [3.8, 4) is 0 Å². The molecule has 0 N–H and O–H groups in total. The van der Waals surface area contributed by atoms with Gasteiger partial charge in [-0.1, -0.05) is 20.3 Å². The Morgan fingerprint density at radius 2 is 2.12 bits per heavy atom. The van der Waals surface area contributed by atoms with Crippen molar-refractivity contribution in [2.24, 2.45) is 5.92 Å². The topological polar surface area (TPSA) is 16.1 Å². The van der Waals surface area contributed by atoms with Crippen molar-refractivity contribution < 1.29 is 0 Å². The molecule has 0 bridgehead atoms. The van der Waals surface area contributed by atoms with Gasteiger partial charge in [-0.3, -0.25) is 0 Å². The Bertz CT molecular complexity index is 354. The molecule has 2 heterocycles. The van der Waals surface area contributed by atoms with Crippen molar-refractivity contribution in [2.45, 2.75) is 45.3 Å². The minimum atomic E-state index is 0.831. The number of thiol groups is 1. The molecule has 0 saturated carbocycles. The predicted octanol–water partition coefficient (Wildman–Crippen LogP) is 3.76. The van der Waals surface area contributed by atoms with Crippen LogP contribution >= 0.6 is 24.0 Å². The zero-order chi connectivity index (χ0) is 12.3. The molecule has 0 spiro atoms. The highest BCUT2D eigenvalue weighted by molar-refractivity contribution is 7.79. The van der Waals surface area contributed by atoms with Gasteiger partial charge in [0, 0.05) is 23.7 Å². The van der Waals surface area contributed by atoms with Crippen LogP contribution in [0.4, 0.5) is 5.13 Å². The third kappa shape index (κ3) is 3.16. The molecule has 1 aliphatic rings. The van der Waals surface area contributed by atoms with Gasteiger partial charge in [-0.05, 0) is 25.2 Å². The number of aromatic nitrogens is 1. The zero-order valence-electron chi connectivity index (χ0n) is 10.8. The van der Waals surface area contributed by atoms with Crippen molar-refractivity contribution in [3.05, 3.63) is 10.6 Å². The number of rotatable bonds is 4. The van der Waals surface area contributed by atoms with E-state index in [4.69, 9.17) is 4.98 Å². The maximum absolute atomic E-state index is 4.82. The molecular formula is C13H22N2S2. The van der Waals surface area contributed by atoms with Gasteiger partial charge in [0.1, 0.15) is 0 Å². The fraction of sp³-hybridized carbons (Fsp3) is 0.769. The summed E-state index contributed by atoms with van der Waals surface area (Å²) in [4.78, 5) is 8.63. The highest BCUT2D eigenvalue weighted by Crippen LogP contribution is 2.31. The fourth-order valence-electron chi connectivity index (χ4n) is 2.26. The quantitative estimate of drug-likeness (QED) is 0.839. The molecule has 1 aromatic heterocycles. The number of hydrogen-bond acceptors (Lipinski definition) is 4. The molecule has 2 nitrogen and oxygen atoms in total. The average molecular weight is 270 g/mol. The van der Waals surface area contributed by atoms with Crippen LogP contribution in [0.25, 0.3) is 0 Å². The Kier molecular flexibility index (Phi) is 4.74. The summed E-state index contributed by atoms with van der Waals surface area (Å²) in [6.07, 6.45) is 4.87. The molecule has 4 heteroatoms. The highest BCUT2D eigenvalue weighted by atomic mass is 32.1. The monoisotopic (exact) mass is 270 g/mol. The molecule has 17 heavy (non-hydrogen) atoms. The Balaban J connectivity index is 2.10. The first-order chi connectivity index (χ1) is 8.24. The van der Waals surface area contributed by atoms with Crippen LogP contribution in [0.1, 0.15) is 43.7 Å². The summed E-state index contributed by atoms with van der Waals surface area (Å²) in [5.74, 6) is 1.71. The summed E-state index contributed by atoms with van der Waals surface area (Å²) in [7, 11) is 0. The molecule has 0 radical (unpaired) electrons. The number of anilines is 1. The van der Waals surface area contributed by atoms with Crippen LogP contribution in [0.15, 0.2) is 0 Å². The van der Waals surface area contributed by atoms with E-state index in [2.05, 4.69) is 31.4 Å². The molecule has 96 valence electrons. The highest BCUT2D eigenvalue weighted by Gasteiger charge is 2.20. The number of aryl methyl sites for hydroxylation is 1. The van der Waals surface area contributed by atoms with Gasteiger partial charge in [0.05, 0.1) is 5.69 Å². The maximum Gasteiger partial charge on any atom is 0.185 e. The van der Waals surface area contributed by atoms with Crippen molar-refractivity contribution in [2.75, 3.05) is 18.0 Å². The lowest BCUT2D eigenvalue weighted by molar-refractivity contribution is 0.438. The van der Waals surface area contributed by atoms with E-state index in [0.29, 0.717) is 0 Å². The van der Waals surface area contributed by atoms with Gasteiger partial charge >= 0.3 is 0 Å². The lowest BCUT2D eigenvalue weighted by Gasteiger charge is -2.29. The van der Waals surface area contributed by atoms with Crippen LogP contribution in [-0.4, -0.2) is 18.1 Å². The molecule has 1 fully saturated rings. The Hall–Kier alpha value is -0.220. The maximum atomic E-state index is 4.82. The largest absolute Gasteiger partial charge is 0.348 e. The molecule has 0 unspecified atom stereocenters. The average Bonchev–Trinajstić information content (AvgIpc) is 2.74. The molecule has 2 rings (SSSR count). The first-order valence-corrected chi connectivity index (χ1v) is 8.03. The van der Waals surface area contributed by atoms with Gasteiger partial charge in [0.15, 0.2) is 5.13 Å². The normalized spacial score (nSPS) is 17.7. The lowest BCUT2D eigenvalue weighted by atomic mass is 10.00. The van der Waals surface area contributed by atoms with Crippen LogP contribution in [0, 0.1) is 5.92 Å². The number of thiazole rings is 1. The number of hydrogen-bond donors (Lipinski definition) is 1. The first-order valence-electron chi connectivity index (χ1n) is 6.59. The molecule has 0 atom stereocenters. The summed E-state index contributed by atoms with van der Waals surface area (Å²) in [6.45, 7) is 6.91. The summed E-state index contributed by atoms with van der Waals surface area (Å²) >= 11 is 6.26. The molecule has 0 aliphatic carbocycles. The van der Waals surface area contributed by atoms with Gasteiger partial charge in [-0.25, -0.2) is 4.98 Å². The second-order valence-electron chi connectivity index (χ2n) is 4.94. The van der Waals surface area contributed by atoms with E-state index in [0.717, 1.165) is 18.1 Å². The van der Waals surface area contributed by atoms with Crippen LogP contribution < -0.4 is 4.90 Å². The van der Waals surface area contributed by atoms with E-state index in [1.54, 1.807) is 0 Å². The van der Waals surface area contributed by atoms with Crippen LogP contribution in [0.3, 0.4) is 0 Å². The van der Waals surface area contributed by atoms with E-state index >= 15 is 0 Å². The van der Waals surface area contributed by atoms with Crippen LogP contribution in [0.5, 0.6) is 0 Å². The van der Waals surface area contributed by atoms with Gasteiger partial charge in [-0.15, -0.1) is 11.3 Å². The van der Waals surface area contributed by atoms with Gasteiger partial charge in [0.2, 0.25) is 0 Å². The number of piperidine rings is 1. The third-order valence-electron chi connectivity index (χ3n) is 3.45. The summed E-state index contributed by atoms with van der Waals surface area (Å²) in [5.41, 5.74) is 1.28. The predicted molar refractivity (Wildman–Crippen MR) is 79.4 cm³/mol. The Morgan fingerprint density at radius 1 is 1.41 bits per heavy atom. The smallest absolute Gasteiger partial charge is 0.185 e. The Labute approximate surface area is 114 Å². The van der Waals surface area contributed by atoms with E-state index in [-0.39, 0.29) is 0 Å². The van der Waals surface area contributed by atoms with Crippen LogP contribution in [0.2, 0.25) is 0 Å². The zero-order valence-corrected chi connectivity index (χ0v) is 12.5. The minimum absolute atomic E-state index is 0.831. The Morgan fingerprint density at radius 3 is 2.71 bits per heavy atom. The standard InChI is InChI=1S/C13H22N2S2/c1-3-4-11-12(9-16)17-13(14-11)15-7-5-10(2)6-8-15/h10,16H,3-9H2,1-2H3. The summed E-state index contributed by atoms with van der Waals surface area (Å²) < 4.78 is 0. The molecule has 1 aromatic rings. The van der Waals surface area contributed by atoms with Crippen LogP contribution in [-0.2, 0) is 12.2 Å². The van der Waals surface area contributed by atoms with E-state index in [1.807, 2.05) is 11.3 Å². The fourth-order valence-corrected chi connectivity index (χ4v) is 3.65. The summed E-state index contributed by atoms with van der Waals surface area (Å²) in [5, 5.41) is 1.23. The van der Waals surface area contributed by atoms with Gasteiger partial charge in [0.25, 0.3) is 0 Å². The van der Waals surface area contributed by atoms with E-state index < -0.39 is 0 Å². The molecule has 0 amide bonds. The molecule has 1 saturated heterocycles. The number of nitrogens with zero attached hydrogens (tertiary/aromatic N) is 2. The van der Waals surface area contributed by atoms with Crippen molar-refractivity contribution in [1.29, 1.82) is 0 Å². The minimum Gasteiger partial charge on any atom is -0.348 e. The van der Waals surface area contributed by atoms with Gasteiger partial charge < -0.3 is 4.90 Å². The summed E-state index contributed by atoms with van der Waals surface area (Å²) in [6, 6.07) is 0. The van der Waals surface area contributed by atoms with E-state index in [9.17, 15) is 0 Å².